The van der Waals surface area contributed by atoms with E-state index in [4.69, 9.17) is 25.8 Å². The zero-order chi connectivity index (χ0) is 15.4. The van der Waals surface area contributed by atoms with Crippen LogP contribution in [0.1, 0.15) is 26.3 Å². The van der Waals surface area contributed by atoms with E-state index in [0.717, 1.165) is 5.56 Å². The maximum atomic E-state index is 9.91. The summed E-state index contributed by atoms with van der Waals surface area (Å²) in [4.78, 5) is 0. The molecule has 1 N–H and O–H groups in total. The number of hydrogen-bond acceptors (Lipinski definition) is 4. The van der Waals surface area contributed by atoms with E-state index >= 15 is 0 Å². The van der Waals surface area contributed by atoms with Crippen molar-refractivity contribution in [1.82, 2.24) is 0 Å². The normalized spacial score (nSPS) is 27.8. The van der Waals surface area contributed by atoms with Crippen molar-refractivity contribution in [1.29, 1.82) is 0 Å². The van der Waals surface area contributed by atoms with Crippen LogP contribution < -0.4 is 0 Å². The molecule has 1 saturated heterocycles. The van der Waals surface area contributed by atoms with Gasteiger partial charge in [0.2, 0.25) is 0 Å². The van der Waals surface area contributed by atoms with Gasteiger partial charge < -0.3 is 19.3 Å². The summed E-state index contributed by atoms with van der Waals surface area (Å²) in [7, 11) is 0. The van der Waals surface area contributed by atoms with Crippen LogP contribution in [0.25, 0.3) is 0 Å². The average molecular weight is 315 g/mol. The number of aliphatic hydroxyl groups is 1. The smallest absolute Gasteiger partial charge is 0.160 e. The van der Waals surface area contributed by atoms with Crippen molar-refractivity contribution in [3.63, 3.8) is 0 Å². The number of benzene rings is 1. The molecule has 1 aliphatic heterocycles. The van der Waals surface area contributed by atoms with E-state index in [1.807, 2.05) is 38.1 Å². The molecule has 1 heterocycles. The minimum Gasteiger partial charge on any atom is -0.391 e. The average Bonchev–Trinajstić information content (AvgIpc) is 2.46. The summed E-state index contributed by atoms with van der Waals surface area (Å²) in [6.45, 7) is 6.53. The van der Waals surface area contributed by atoms with E-state index in [1.165, 1.54) is 0 Å². The van der Waals surface area contributed by atoms with Gasteiger partial charge in [0.05, 0.1) is 19.3 Å². The van der Waals surface area contributed by atoms with Gasteiger partial charge in [-0.1, -0.05) is 43.6 Å². The molecule has 5 heteroatoms. The van der Waals surface area contributed by atoms with Gasteiger partial charge in [-0.2, -0.15) is 0 Å². The fraction of sp³-hybridized carbons (Fsp3) is 0.625. The predicted octanol–water partition coefficient (Wildman–Crippen LogP) is 3.00. The maximum absolute atomic E-state index is 9.91. The highest BCUT2D eigenvalue weighted by Gasteiger charge is 2.36. The highest BCUT2D eigenvalue weighted by atomic mass is 35.5. The molecular formula is C16H23ClO4. The molecule has 4 atom stereocenters. The molecule has 0 radical (unpaired) electrons. The Balaban J connectivity index is 1.97. The second kappa shape index (κ2) is 7.56. The maximum Gasteiger partial charge on any atom is 0.160 e. The Morgan fingerprint density at radius 1 is 1.33 bits per heavy atom. The van der Waals surface area contributed by atoms with Crippen molar-refractivity contribution in [3.05, 3.63) is 34.9 Å². The summed E-state index contributed by atoms with van der Waals surface area (Å²) >= 11 is 6.11. The second-order valence-corrected chi connectivity index (χ2v) is 6.14. The lowest BCUT2D eigenvalue weighted by molar-refractivity contribution is -0.291. The highest BCUT2D eigenvalue weighted by Crippen LogP contribution is 2.25. The van der Waals surface area contributed by atoms with Crippen LogP contribution in [0.4, 0.5) is 0 Å². The summed E-state index contributed by atoms with van der Waals surface area (Å²) < 4.78 is 17.3. The van der Waals surface area contributed by atoms with E-state index in [9.17, 15) is 5.11 Å². The minimum atomic E-state index is -0.619. The van der Waals surface area contributed by atoms with Crippen LogP contribution in [-0.4, -0.2) is 36.3 Å². The SMILES string of the molecule is CC(C)[C@H]1OC[C@@H](OCc2ccccc2Cl)[C@@H](C(C)O)O1. The van der Waals surface area contributed by atoms with Crippen LogP contribution in [0.3, 0.4) is 0 Å². The molecule has 1 aliphatic rings. The molecule has 1 fully saturated rings. The summed E-state index contributed by atoms with van der Waals surface area (Å²) in [5, 5.41) is 10.6. The van der Waals surface area contributed by atoms with E-state index in [1.54, 1.807) is 6.92 Å². The standard InChI is InChI=1S/C16H23ClO4/c1-10(2)16-20-9-14(15(21-16)11(3)18)19-8-12-6-4-5-7-13(12)17/h4-7,10-11,14-16,18H,8-9H2,1-3H3/t11?,14-,15-,16+/m1/s1. The van der Waals surface area contributed by atoms with Crippen molar-refractivity contribution in [2.24, 2.45) is 5.92 Å². The first-order valence-corrected chi connectivity index (χ1v) is 7.67. The van der Waals surface area contributed by atoms with Crippen LogP contribution in [-0.2, 0) is 20.8 Å². The first kappa shape index (κ1) is 16.7. The van der Waals surface area contributed by atoms with E-state index in [0.29, 0.717) is 18.2 Å². The molecule has 0 amide bonds. The van der Waals surface area contributed by atoms with E-state index in [-0.39, 0.29) is 18.3 Å². The van der Waals surface area contributed by atoms with Crippen molar-refractivity contribution in [3.8, 4) is 0 Å². The first-order chi connectivity index (χ1) is 9.99. The Kier molecular flexibility index (Phi) is 6.02. The van der Waals surface area contributed by atoms with Gasteiger partial charge in [-0.25, -0.2) is 0 Å². The molecule has 0 aromatic heterocycles. The van der Waals surface area contributed by atoms with Gasteiger partial charge in [0.15, 0.2) is 6.29 Å². The second-order valence-electron chi connectivity index (χ2n) is 5.73. The third-order valence-electron chi connectivity index (χ3n) is 3.51. The van der Waals surface area contributed by atoms with Crippen LogP contribution in [0, 0.1) is 5.92 Å². The van der Waals surface area contributed by atoms with Gasteiger partial charge in [0.1, 0.15) is 12.2 Å². The largest absolute Gasteiger partial charge is 0.391 e. The molecule has 0 aliphatic carbocycles. The molecule has 1 aromatic carbocycles. The van der Waals surface area contributed by atoms with Gasteiger partial charge >= 0.3 is 0 Å². The fourth-order valence-corrected chi connectivity index (χ4v) is 2.49. The Morgan fingerprint density at radius 3 is 2.67 bits per heavy atom. The molecule has 21 heavy (non-hydrogen) atoms. The van der Waals surface area contributed by atoms with Gasteiger partial charge in [-0.05, 0) is 18.6 Å². The zero-order valence-electron chi connectivity index (χ0n) is 12.7. The quantitative estimate of drug-likeness (QED) is 0.907. The monoisotopic (exact) mass is 314 g/mol. The van der Waals surface area contributed by atoms with Crippen LogP contribution in [0.2, 0.25) is 5.02 Å². The first-order valence-electron chi connectivity index (χ1n) is 7.29. The third-order valence-corrected chi connectivity index (χ3v) is 3.88. The zero-order valence-corrected chi connectivity index (χ0v) is 13.4. The Bertz CT molecular complexity index is 450. The van der Waals surface area contributed by atoms with Gasteiger partial charge in [-0.15, -0.1) is 0 Å². The Morgan fingerprint density at radius 2 is 2.05 bits per heavy atom. The van der Waals surface area contributed by atoms with E-state index in [2.05, 4.69) is 0 Å². The molecule has 4 nitrogen and oxygen atoms in total. The molecule has 2 rings (SSSR count). The number of halogens is 1. The molecule has 1 aromatic rings. The summed E-state index contributed by atoms with van der Waals surface area (Å²) in [6.07, 6.45) is -1.62. The fourth-order valence-electron chi connectivity index (χ4n) is 2.30. The van der Waals surface area contributed by atoms with Crippen molar-refractivity contribution in [2.45, 2.75) is 52.0 Å². The Hall–Kier alpha value is -0.650. The Labute approximate surface area is 131 Å². The van der Waals surface area contributed by atoms with Crippen molar-refractivity contribution < 1.29 is 19.3 Å². The lowest BCUT2D eigenvalue weighted by Crippen LogP contribution is -2.51. The molecular weight excluding hydrogens is 292 g/mol. The molecule has 0 saturated carbocycles. The third kappa shape index (κ3) is 4.41. The van der Waals surface area contributed by atoms with Crippen LogP contribution >= 0.6 is 11.6 Å². The number of aliphatic hydroxyl groups excluding tert-OH is 1. The van der Waals surface area contributed by atoms with Crippen LogP contribution in [0.15, 0.2) is 24.3 Å². The van der Waals surface area contributed by atoms with Crippen LogP contribution in [0.5, 0.6) is 0 Å². The summed E-state index contributed by atoms with van der Waals surface area (Å²) in [6, 6.07) is 7.54. The molecule has 1 unspecified atom stereocenters. The molecule has 118 valence electrons. The molecule has 0 bridgehead atoms. The van der Waals surface area contributed by atoms with Crippen molar-refractivity contribution in [2.75, 3.05) is 6.61 Å². The number of ether oxygens (including phenoxy) is 3. The van der Waals surface area contributed by atoms with E-state index < -0.39 is 12.2 Å². The topological polar surface area (TPSA) is 47.9 Å². The van der Waals surface area contributed by atoms with Gasteiger partial charge in [0.25, 0.3) is 0 Å². The highest BCUT2D eigenvalue weighted by molar-refractivity contribution is 6.31. The molecule has 0 spiro atoms. The number of hydrogen-bond donors (Lipinski definition) is 1. The lowest BCUT2D eigenvalue weighted by atomic mass is 10.1. The van der Waals surface area contributed by atoms with Gasteiger partial charge in [-0.3, -0.25) is 0 Å². The minimum absolute atomic E-state index is 0.232. The number of rotatable bonds is 5. The van der Waals surface area contributed by atoms with Crippen molar-refractivity contribution >= 4 is 11.6 Å². The lowest BCUT2D eigenvalue weighted by Gasteiger charge is -2.39. The summed E-state index contributed by atoms with van der Waals surface area (Å²) in [5.41, 5.74) is 0.912. The van der Waals surface area contributed by atoms with Gasteiger partial charge in [0, 0.05) is 10.9 Å². The predicted molar refractivity (Wildman–Crippen MR) is 81.2 cm³/mol. The summed E-state index contributed by atoms with van der Waals surface area (Å²) in [5.74, 6) is 0.232.